The second-order valence-electron chi connectivity index (χ2n) is 5.35. The first kappa shape index (κ1) is 16.9. The summed E-state index contributed by atoms with van der Waals surface area (Å²) in [5.41, 5.74) is 22.1. The predicted octanol–water partition coefficient (Wildman–Crippen LogP) is 3.52. The number of hydrogen-bond donors (Lipinski definition) is 3. The number of nitrogens with two attached hydrogens (primary N) is 3. The Hall–Kier alpha value is -2.49. The van der Waals surface area contributed by atoms with Crippen molar-refractivity contribution in [2.45, 2.75) is 5.54 Å². The number of nitrogen functional groups attached to an aromatic ring is 2. The first-order valence-corrected chi connectivity index (χ1v) is 7.18. The largest absolute Gasteiger partial charge is 0.397 e. The van der Waals surface area contributed by atoms with Gasteiger partial charge in [-0.05, 0) is 17.2 Å². The molecule has 3 rings (SSSR count). The van der Waals surface area contributed by atoms with Crippen LogP contribution in [0.5, 0.6) is 0 Å². The third kappa shape index (κ3) is 2.89. The van der Waals surface area contributed by atoms with Gasteiger partial charge in [0.2, 0.25) is 0 Å². The van der Waals surface area contributed by atoms with Crippen LogP contribution in [0, 0.1) is 0 Å². The van der Waals surface area contributed by atoms with Crippen LogP contribution in [0.3, 0.4) is 0 Å². The van der Waals surface area contributed by atoms with Crippen LogP contribution < -0.4 is 17.2 Å². The zero-order valence-corrected chi connectivity index (χ0v) is 13.5. The highest BCUT2D eigenvalue weighted by atomic mass is 35.5. The number of anilines is 2. The van der Waals surface area contributed by atoms with Gasteiger partial charge >= 0.3 is 0 Å². The Balaban J connectivity index is 0.00000192. The van der Waals surface area contributed by atoms with E-state index in [1.165, 1.54) is 0 Å². The molecule has 0 saturated carbocycles. The Bertz CT molecular complexity index is 734. The smallest absolute Gasteiger partial charge is 0.0943 e. The molecular weight excluding hydrogens is 306 g/mol. The Morgan fingerprint density at radius 3 is 1.57 bits per heavy atom. The van der Waals surface area contributed by atoms with Crippen molar-refractivity contribution in [3.8, 4) is 0 Å². The SMILES string of the molecule is Cl.Nc1cccc(C(N)(c2ccccc2)c2ccccc2)c1N. The molecule has 0 spiro atoms. The van der Waals surface area contributed by atoms with Gasteiger partial charge in [0.25, 0.3) is 0 Å². The van der Waals surface area contributed by atoms with Crippen molar-refractivity contribution in [1.29, 1.82) is 0 Å². The molecule has 0 atom stereocenters. The Kier molecular flexibility index (Phi) is 4.94. The fourth-order valence-electron chi connectivity index (χ4n) is 2.81. The van der Waals surface area contributed by atoms with Gasteiger partial charge in [-0.1, -0.05) is 72.8 Å². The lowest BCUT2D eigenvalue weighted by molar-refractivity contribution is 0.655. The summed E-state index contributed by atoms with van der Waals surface area (Å²) >= 11 is 0. The van der Waals surface area contributed by atoms with Gasteiger partial charge in [-0.25, -0.2) is 0 Å². The molecule has 6 N–H and O–H groups in total. The minimum atomic E-state index is -0.845. The molecule has 0 aromatic heterocycles. The number of rotatable bonds is 3. The van der Waals surface area contributed by atoms with Crippen LogP contribution >= 0.6 is 12.4 Å². The summed E-state index contributed by atoms with van der Waals surface area (Å²) in [5.74, 6) is 0. The van der Waals surface area contributed by atoms with Crippen molar-refractivity contribution in [2.24, 2.45) is 5.73 Å². The summed E-state index contributed by atoms with van der Waals surface area (Å²) in [6.45, 7) is 0. The molecule has 0 heterocycles. The summed E-state index contributed by atoms with van der Waals surface area (Å²) in [6, 6.07) is 25.5. The minimum absolute atomic E-state index is 0. The third-order valence-electron chi connectivity index (χ3n) is 4.02. The maximum atomic E-state index is 6.90. The summed E-state index contributed by atoms with van der Waals surface area (Å²) < 4.78 is 0. The van der Waals surface area contributed by atoms with Crippen LogP contribution in [-0.4, -0.2) is 0 Å². The van der Waals surface area contributed by atoms with Gasteiger partial charge < -0.3 is 17.2 Å². The summed E-state index contributed by atoms with van der Waals surface area (Å²) in [6.07, 6.45) is 0. The molecule has 0 aliphatic carbocycles. The van der Waals surface area contributed by atoms with Gasteiger partial charge in [0.05, 0.1) is 16.9 Å². The molecule has 3 aromatic rings. The van der Waals surface area contributed by atoms with Gasteiger partial charge in [0.15, 0.2) is 0 Å². The molecule has 0 unspecified atom stereocenters. The second-order valence-corrected chi connectivity index (χ2v) is 5.35. The maximum absolute atomic E-state index is 6.90. The molecule has 0 bridgehead atoms. The molecule has 118 valence electrons. The van der Waals surface area contributed by atoms with Crippen LogP contribution in [0.2, 0.25) is 0 Å². The Morgan fingerprint density at radius 2 is 1.09 bits per heavy atom. The van der Waals surface area contributed by atoms with Gasteiger partial charge in [-0.2, -0.15) is 0 Å². The molecule has 0 aliphatic rings. The Morgan fingerprint density at radius 1 is 0.609 bits per heavy atom. The fraction of sp³-hybridized carbons (Fsp3) is 0.0526. The van der Waals surface area contributed by atoms with E-state index in [0.29, 0.717) is 11.4 Å². The van der Waals surface area contributed by atoms with E-state index in [1.54, 1.807) is 6.07 Å². The summed E-state index contributed by atoms with van der Waals surface area (Å²) in [5, 5.41) is 0. The van der Waals surface area contributed by atoms with Crippen LogP contribution in [0.15, 0.2) is 78.9 Å². The van der Waals surface area contributed by atoms with E-state index >= 15 is 0 Å². The van der Waals surface area contributed by atoms with Crippen molar-refractivity contribution in [2.75, 3.05) is 11.5 Å². The molecule has 0 amide bonds. The van der Waals surface area contributed by atoms with Crippen molar-refractivity contribution in [3.05, 3.63) is 95.6 Å². The standard InChI is InChI=1S/C19H19N3.ClH/c20-17-13-7-12-16(18(17)21)19(22,14-8-3-1-4-9-14)15-10-5-2-6-11-15;/h1-13H,20-22H2;1H. The molecule has 3 nitrogen and oxygen atoms in total. The zero-order chi connectivity index (χ0) is 15.6. The molecule has 23 heavy (non-hydrogen) atoms. The zero-order valence-electron chi connectivity index (χ0n) is 12.6. The number of halogens is 1. The summed E-state index contributed by atoms with van der Waals surface area (Å²) in [7, 11) is 0. The van der Waals surface area contributed by atoms with E-state index in [-0.39, 0.29) is 12.4 Å². The first-order valence-electron chi connectivity index (χ1n) is 7.18. The van der Waals surface area contributed by atoms with E-state index in [0.717, 1.165) is 16.7 Å². The lowest BCUT2D eigenvalue weighted by Crippen LogP contribution is -2.40. The Labute approximate surface area is 142 Å². The third-order valence-corrected chi connectivity index (χ3v) is 4.02. The van der Waals surface area contributed by atoms with Crippen LogP contribution in [-0.2, 0) is 5.54 Å². The van der Waals surface area contributed by atoms with E-state index in [4.69, 9.17) is 17.2 Å². The minimum Gasteiger partial charge on any atom is -0.397 e. The predicted molar refractivity (Wildman–Crippen MR) is 99.5 cm³/mol. The molecular formula is C19H20ClN3. The topological polar surface area (TPSA) is 78.1 Å². The molecule has 0 radical (unpaired) electrons. The lowest BCUT2D eigenvalue weighted by atomic mass is 9.77. The maximum Gasteiger partial charge on any atom is 0.0943 e. The van der Waals surface area contributed by atoms with E-state index in [9.17, 15) is 0 Å². The van der Waals surface area contributed by atoms with Crippen molar-refractivity contribution in [3.63, 3.8) is 0 Å². The highest BCUT2D eigenvalue weighted by Crippen LogP contribution is 2.38. The monoisotopic (exact) mass is 325 g/mol. The fourth-order valence-corrected chi connectivity index (χ4v) is 2.81. The molecule has 0 aliphatic heterocycles. The number of benzene rings is 3. The quantitative estimate of drug-likeness (QED) is 0.509. The van der Waals surface area contributed by atoms with Crippen LogP contribution in [0.1, 0.15) is 16.7 Å². The molecule has 4 heteroatoms. The average Bonchev–Trinajstić information content (AvgIpc) is 2.58. The second kappa shape index (κ2) is 6.73. The van der Waals surface area contributed by atoms with Crippen LogP contribution in [0.4, 0.5) is 11.4 Å². The van der Waals surface area contributed by atoms with Crippen molar-refractivity contribution in [1.82, 2.24) is 0 Å². The van der Waals surface area contributed by atoms with Crippen LogP contribution in [0.25, 0.3) is 0 Å². The summed E-state index contributed by atoms with van der Waals surface area (Å²) in [4.78, 5) is 0. The van der Waals surface area contributed by atoms with Gasteiger partial charge in [-0.3, -0.25) is 0 Å². The molecule has 0 fully saturated rings. The molecule has 0 saturated heterocycles. The van der Waals surface area contributed by atoms with Gasteiger partial charge in [0, 0.05) is 5.56 Å². The van der Waals surface area contributed by atoms with Gasteiger partial charge in [0.1, 0.15) is 0 Å². The lowest BCUT2D eigenvalue weighted by Gasteiger charge is -2.33. The highest BCUT2D eigenvalue weighted by Gasteiger charge is 2.33. The van der Waals surface area contributed by atoms with E-state index < -0.39 is 5.54 Å². The van der Waals surface area contributed by atoms with Crippen molar-refractivity contribution < 1.29 is 0 Å². The highest BCUT2D eigenvalue weighted by molar-refractivity contribution is 5.85. The van der Waals surface area contributed by atoms with E-state index in [1.807, 2.05) is 72.8 Å². The normalized spacial score (nSPS) is 10.8. The van der Waals surface area contributed by atoms with Crippen molar-refractivity contribution >= 4 is 23.8 Å². The molecule has 3 aromatic carbocycles. The average molecular weight is 326 g/mol. The first-order chi connectivity index (χ1) is 10.6. The van der Waals surface area contributed by atoms with Gasteiger partial charge in [-0.15, -0.1) is 12.4 Å². The number of para-hydroxylation sites is 1. The number of hydrogen-bond acceptors (Lipinski definition) is 3. The van der Waals surface area contributed by atoms with E-state index in [2.05, 4.69) is 0 Å².